The van der Waals surface area contributed by atoms with Crippen LogP contribution in [0.3, 0.4) is 0 Å². The fourth-order valence-electron chi connectivity index (χ4n) is 3.05. The van der Waals surface area contributed by atoms with Gasteiger partial charge in [0, 0.05) is 13.1 Å². The largest absolute Gasteiger partial charge is 0.293 e. The maximum Gasteiger partial charge on any atom is 0.235 e. The molecule has 0 spiro atoms. The molecule has 0 aliphatic carbocycles. The Morgan fingerprint density at radius 1 is 1.16 bits per heavy atom. The van der Waals surface area contributed by atoms with Crippen LogP contribution in [0.5, 0.6) is 0 Å². The summed E-state index contributed by atoms with van der Waals surface area (Å²) in [5.41, 5.74) is 0.937. The predicted molar refractivity (Wildman–Crippen MR) is 66.5 cm³/mol. The molecule has 2 aliphatic heterocycles. The molecular formula is C14H13N3O2. The average molecular weight is 255 g/mol. The van der Waals surface area contributed by atoms with Gasteiger partial charge in [0.25, 0.3) is 0 Å². The molecule has 4 atom stereocenters. The summed E-state index contributed by atoms with van der Waals surface area (Å²) in [7, 11) is 1.49. The third-order valence-corrected chi connectivity index (χ3v) is 3.99. The molecule has 0 saturated carbocycles. The summed E-state index contributed by atoms with van der Waals surface area (Å²) in [6, 6.07) is 10.7. The van der Waals surface area contributed by atoms with Crippen molar-refractivity contribution in [2.45, 2.75) is 12.1 Å². The van der Waals surface area contributed by atoms with Gasteiger partial charge < -0.3 is 0 Å². The summed E-state index contributed by atoms with van der Waals surface area (Å²) >= 11 is 0. The van der Waals surface area contributed by atoms with E-state index < -0.39 is 17.9 Å². The number of fused-ring (bicyclic) bond motifs is 1. The van der Waals surface area contributed by atoms with Crippen molar-refractivity contribution in [1.82, 2.24) is 10.2 Å². The van der Waals surface area contributed by atoms with Crippen LogP contribution in [0.4, 0.5) is 0 Å². The molecule has 0 aromatic heterocycles. The van der Waals surface area contributed by atoms with Gasteiger partial charge in [0.05, 0.1) is 17.9 Å². The molecule has 2 amide bonds. The summed E-state index contributed by atoms with van der Waals surface area (Å²) in [4.78, 5) is 25.4. The summed E-state index contributed by atoms with van der Waals surface area (Å²) in [5, 5.41) is 12.3. The smallest absolute Gasteiger partial charge is 0.235 e. The number of nitrogens with zero attached hydrogens (tertiary/aromatic N) is 2. The van der Waals surface area contributed by atoms with Crippen molar-refractivity contribution in [1.29, 1.82) is 5.26 Å². The topological polar surface area (TPSA) is 73.2 Å². The molecule has 5 heteroatoms. The average Bonchev–Trinajstić information content (AvgIpc) is 2.93. The number of carbonyl (C=O) groups is 2. The van der Waals surface area contributed by atoms with E-state index in [-0.39, 0.29) is 17.9 Å². The summed E-state index contributed by atoms with van der Waals surface area (Å²) in [6.07, 6.45) is 0. The lowest BCUT2D eigenvalue weighted by atomic mass is 9.87. The zero-order chi connectivity index (χ0) is 13.6. The highest BCUT2D eigenvalue weighted by Gasteiger charge is 2.58. The molecule has 19 heavy (non-hydrogen) atoms. The number of hydrogen-bond acceptors (Lipinski definition) is 4. The molecule has 0 unspecified atom stereocenters. The summed E-state index contributed by atoms with van der Waals surface area (Å²) in [6.45, 7) is 0. The molecule has 2 aliphatic rings. The van der Waals surface area contributed by atoms with Crippen molar-refractivity contribution < 1.29 is 9.59 Å². The molecule has 0 radical (unpaired) electrons. The minimum absolute atomic E-state index is 0.200. The predicted octanol–water partition coefficient (Wildman–Crippen LogP) is 0.454. The number of carbonyl (C=O) groups excluding carboxylic acids is 2. The highest BCUT2D eigenvalue weighted by Crippen LogP contribution is 2.42. The van der Waals surface area contributed by atoms with Crippen molar-refractivity contribution in [2.75, 3.05) is 7.05 Å². The number of likely N-dealkylation sites (tertiary alicyclic amines) is 1. The first-order valence-electron chi connectivity index (χ1n) is 6.17. The van der Waals surface area contributed by atoms with Crippen LogP contribution in [0.25, 0.3) is 0 Å². The summed E-state index contributed by atoms with van der Waals surface area (Å²) < 4.78 is 0. The summed E-state index contributed by atoms with van der Waals surface area (Å²) in [5.74, 6) is -1.49. The Hall–Kier alpha value is -2.19. The molecule has 1 N–H and O–H groups in total. The monoisotopic (exact) mass is 255 g/mol. The second-order valence-electron chi connectivity index (χ2n) is 4.95. The third-order valence-electron chi connectivity index (χ3n) is 3.99. The minimum atomic E-state index is -0.600. The molecular weight excluding hydrogens is 242 g/mol. The quantitative estimate of drug-likeness (QED) is 0.740. The van der Waals surface area contributed by atoms with Crippen molar-refractivity contribution in [3.63, 3.8) is 0 Å². The molecule has 96 valence electrons. The van der Waals surface area contributed by atoms with E-state index in [2.05, 4.69) is 11.4 Å². The van der Waals surface area contributed by atoms with E-state index in [1.165, 1.54) is 7.05 Å². The van der Waals surface area contributed by atoms with Gasteiger partial charge in [0.1, 0.15) is 6.04 Å². The first-order chi connectivity index (χ1) is 9.15. The van der Waals surface area contributed by atoms with Gasteiger partial charge >= 0.3 is 0 Å². The van der Waals surface area contributed by atoms with E-state index in [0.717, 1.165) is 10.5 Å². The van der Waals surface area contributed by atoms with E-state index in [9.17, 15) is 14.9 Å². The van der Waals surface area contributed by atoms with Crippen molar-refractivity contribution in [3.05, 3.63) is 35.9 Å². The van der Waals surface area contributed by atoms with Crippen LogP contribution >= 0.6 is 0 Å². The first-order valence-corrected chi connectivity index (χ1v) is 6.17. The van der Waals surface area contributed by atoms with Gasteiger partial charge in [-0.25, -0.2) is 0 Å². The van der Waals surface area contributed by atoms with Gasteiger partial charge in [-0.1, -0.05) is 30.3 Å². The zero-order valence-electron chi connectivity index (χ0n) is 10.4. The lowest BCUT2D eigenvalue weighted by molar-refractivity contribution is -0.138. The normalized spacial score (nSPS) is 33.4. The fraction of sp³-hybridized carbons (Fsp3) is 0.357. The van der Waals surface area contributed by atoms with Crippen LogP contribution in [0.2, 0.25) is 0 Å². The highest BCUT2D eigenvalue weighted by atomic mass is 16.2. The van der Waals surface area contributed by atoms with Gasteiger partial charge in [-0.3, -0.25) is 19.8 Å². The van der Waals surface area contributed by atoms with Gasteiger partial charge in [0.2, 0.25) is 11.8 Å². The van der Waals surface area contributed by atoms with E-state index >= 15 is 0 Å². The number of imide groups is 1. The zero-order valence-corrected chi connectivity index (χ0v) is 10.4. The van der Waals surface area contributed by atoms with E-state index in [1.54, 1.807) is 0 Å². The van der Waals surface area contributed by atoms with E-state index in [0.29, 0.717) is 0 Å². The standard InChI is InChI=1S/C14H13N3O2/c1-17-13(18)10-9(7-15)16-12(11(10)14(17)19)8-5-3-2-4-6-8/h2-6,9-12,16H,1H3/t9-,10-,11-,12-/m1/s1. The van der Waals surface area contributed by atoms with Crippen molar-refractivity contribution in [3.8, 4) is 6.07 Å². The molecule has 2 heterocycles. The van der Waals surface area contributed by atoms with Gasteiger partial charge in [-0.05, 0) is 5.56 Å². The molecule has 5 nitrogen and oxygen atoms in total. The Morgan fingerprint density at radius 2 is 1.79 bits per heavy atom. The molecule has 0 bridgehead atoms. The van der Waals surface area contributed by atoms with Gasteiger partial charge in [0.15, 0.2) is 0 Å². The van der Waals surface area contributed by atoms with Crippen LogP contribution in [0.1, 0.15) is 11.6 Å². The molecule has 3 rings (SSSR count). The fourth-order valence-corrected chi connectivity index (χ4v) is 3.05. The van der Waals surface area contributed by atoms with E-state index in [4.69, 9.17) is 0 Å². The first kappa shape index (κ1) is 11.9. The van der Waals surface area contributed by atoms with Crippen molar-refractivity contribution >= 4 is 11.8 Å². The van der Waals surface area contributed by atoms with Gasteiger partial charge in [-0.2, -0.15) is 5.26 Å². The lowest BCUT2D eigenvalue weighted by Gasteiger charge is -2.18. The van der Waals surface area contributed by atoms with E-state index in [1.807, 2.05) is 30.3 Å². The number of rotatable bonds is 1. The number of nitriles is 1. The Balaban J connectivity index is 2.03. The molecule has 2 fully saturated rings. The molecule has 1 aromatic rings. The Kier molecular flexibility index (Phi) is 2.61. The second-order valence-corrected chi connectivity index (χ2v) is 4.95. The Labute approximate surface area is 110 Å². The third kappa shape index (κ3) is 1.57. The van der Waals surface area contributed by atoms with Crippen LogP contribution in [-0.2, 0) is 9.59 Å². The minimum Gasteiger partial charge on any atom is -0.293 e. The molecule has 1 aromatic carbocycles. The van der Waals surface area contributed by atoms with Crippen molar-refractivity contribution in [2.24, 2.45) is 11.8 Å². The van der Waals surface area contributed by atoms with Crippen LogP contribution in [-0.4, -0.2) is 29.8 Å². The maximum atomic E-state index is 12.2. The number of hydrogen-bond donors (Lipinski definition) is 1. The van der Waals surface area contributed by atoms with Crippen LogP contribution in [0, 0.1) is 23.2 Å². The van der Waals surface area contributed by atoms with Crippen LogP contribution < -0.4 is 5.32 Å². The number of amides is 2. The van der Waals surface area contributed by atoms with Crippen LogP contribution in [0.15, 0.2) is 30.3 Å². The molecule has 2 saturated heterocycles. The Morgan fingerprint density at radius 3 is 2.42 bits per heavy atom. The lowest BCUT2D eigenvalue weighted by Crippen LogP contribution is -2.36. The second kappa shape index (κ2) is 4.18. The highest BCUT2D eigenvalue weighted by molar-refractivity contribution is 6.06. The number of nitrogens with one attached hydrogen (secondary N) is 1. The van der Waals surface area contributed by atoms with Gasteiger partial charge in [-0.15, -0.1) is 0 Å². The number of benzene rings is 1. The SMILES string of the molecule is CN1C(=O)[C@@H]2[C@H](C1=O)[C@@H](C#N)N[C@@H]2c1ccccc1. The Bertz CT molecular complexity index is 578. The maximum absolute atomic E-state index is 12.2.